The molecule has 4 nitrogen and oxygen atoms in total. The zero-order valence-electron chi connectivity index (χ0n) is 10.5. The normalized spacial score (nSPS) is 20.8. The van der Waals surface area contributed by atoms with Crippen LogP contribution in [0.5, 0.6) is 0 Å². The number of nitrogens with one attached hydrogen (secondary N) is 1. The van der Waals surface area contributed by atoms with Crippen molar-refractivity contribution in [3.63, 3.8) is 0 Å². The van der Waals surface area contributed by atoms with E-state index in [2.05, 4.69) is 5.32 Å². The number of rotatable bonds is 9. The van der Waals surface area contributed by atoms with E-state index in [4.69, 9.17) is 14.2 Å². The van der Waals surface area contributed by atoms with Crippen LogP contribution in [-0.2, 0) is 14.2 Å². The van der Waals surface area contributed by atoms with Gasteiger partial charge in [0, 0.05) is 19.7 Å². The number of ether oxygens (including phenoxy) is 3. The molecule has 1 saturated heterocycles. The third-order valence-electron chi connectivity index (χ3n) is 2.50. The average Bonchev–Trinajstić information content (AvgIpc) is 2.74. The maximum Gasteiger partial charge on any atom is 0.0703 e. The lowest BCUT2D eigenvalue weighted by molar-refractivity contribution is 0.0197. The Morgan fingerprint density at radius 1 is 1.31 bits per heavy atom. The lowest BCUT2D eigenvalue weighted by Crippen LogP contribution is -2.29. The zero-order valence-corrected chi connectivity index (χ0v) is 10.5. The molecule has 0 aromatic heterocycles. The Morgan fingerprint density at radius 2 is 2.19 bits per heavy atom. The summed E-state index contributed by atoms with van der Waals surface area (Å²) < 4.78 is 16.3. The van der Waals surface area contributed by atoms with Crippen LogP contribution in [0, 0.1) is 0 Å². The van der Waals surface area contributed by atoms with E-state index in [9.17, 15) is 0 Å². The van der Waals surface area contributed by atoms with Gasteiger partial charge in [0.2, 0.25) is 0 Å². The molecule has 0 aromatic carbocycles. The smallest absolute Gasteiger partial charge is 0.0703 e. The second kappa shape index (κ2) is 8.93. The lowest BCUT2D eigenvalue weighted by Gasteiger charge is -2.11. The van der Waals surface area contributed by atoms with Crippen molar-refractivity contribution in [1.82, 2.24) is 5.32 Å². The Bertz CT molecular complexity index is 158. The molecule has 1 heterocycles. The van der Waals surface area contributed by atoms with Crippen molar-refractivity contribution in [1.29, 1.82) is 0 Å². The summed E-state index contributed by atoms with van der Waals surface area (Å²) in [6.45, 7) is 8.94. The molecule has 0 aromatic rings. The predicted octanol–water partition coefficient (Wildman–Crippen LogP) is 1.20. The first-order valence-corrected chi connectivity index (χ1v) is 6.30. The van der Waals surface area contributed by atoms with Crippen LogP contribution in [0.3, 0.4) is 0 Å². The second-order valence-electron chi connectivity index (χ2n) is 4.37. The minimum atomic E-state index is 0.293. The summed E-state index contributed by atoms with van der Waals surface area (Å²) in [5.41, 5.74) is 0. The quantitative estimate of drug-likeness (QED) is 0.605. The molecule has 0 aliphatic carbocycles. The third-order valence-corrected chi connectivity index (χ3v) is 2.50. The summed E-state index contributed by atoms with van der Waals surface area (Å²) in [4.78, 5) is 0. The minimum absolute atomic E-state index is 0.293. The summed E-state index contributed by atoms with van der Waals surface area (Å²) in [5.74, 6) is 0. The van der Waals surface area contributed by atoms with Crippen LogP contribution < -0.4 is 5.32 Å². The van der Waals surface area contributed by atoms with Crippen molar-refractivity contribution < 1.29 is 14.2 Å². The van der Waals surface area contributed by atoms with Crippen molar-refractivity contribution >= 4 is 0 Å². The van der Waals surface area contributed by atoms with Crippen LogP contribution in [0.25, 0.3) is 0 Å². The Morgan fingerprint density at radius 3 is 2.88 bits per heavy atom. The standard InChI is InChI=1S/C12H25NO3/c1-11(2)15-9-8-14-7-5-13-10-12-4-3-6-16-12/h11-13H,3-10H2,1-2H3. The van der Waals surface area contributed by atoms with E-state index < -0.39 is 0 Å². The molecule has 1 N–H and O–H groups in total. The third kappa shape index (κ3) is 7.17. The number of hydrogen-bond acceptors (Lipinski definition) is 4. The van der Waals surface area contributed by atoms with Gasteiger partial charge < -0.3 is 19.5 Å². The highest BCUT2D eigenvalue weighted by atomic mass is 16.5. The van der Waals surface area contributed by atoms with Crippen LogP contribution in [0.2, 0.25) is 0 Å². The van der Waals surface area contributed by atoms with Crippen molar-refractivity contribution in [2.75, 3.05) is 39.5 Å². The van der Waals surface area contributed by atoms with Crippen molar-refractivity contribution in [2.45, 2.75) is 38.9 Å². The summed E-state index contributed by atoms with van der Waals surface area (Å²) >= 11 is 0. The monoisotopic (exact) mass is 231 g/mol. The van der Waals surface area contributed by atoms with Crippen LogP contribution in [0.1, 0.15) is 26.7 Å². The molecule has 1 fully saturated rings. The molecule has 1 atom stereocenters. The van der Waals surface area contributed by atoms with Gasteiger partial charge in [-0.1, -0.05) is 0 Å². The van der Waals surface area contributed by atoms with Crippen LogP contribution in [0.15, 0.2) is 0 Å². The SMILES string of the molecule is CC(C)OCCOCCNCC1CCCO1. The van der Waals surface area contributed by atoms with E-state index in [1.807, 2.05) is 13.8 Å². The molecule has 0 radical (unpaired) electrons. The van der Waals surface area contributed by atoms with E-state index in [0.717, 1.165) is 26.3 Å². The molecule has 0 amide bonds. The maximum absolute atomic E-state index is 5.50. The van der Waals surface area contributed by atoms with Gasteiger partial charge >= 0.3 is 0 Å². The topological polar surface area (TPSA) is 39.7 Å². The molecule has 16 heavy (non-hydrogen) atoms. The maximum atomic E-state index is 5.50. The largest absolute Gasteiger partial charge is 0.378 e. The van der Waals surface area contributed by atoms with E-state index >= 15 is 0 Å². The first-order valence-electron chi connectivity index (χ1n) is 6.30. The van der Waals surface area contributed by atoms with Gasteiger partial charge in [0.25, 0.3) is 0 Å². The average molecular weight is 231 g/mol. The highest BCUT2D eigenvalue weighted by molar-refractivity contribution is 4.66. The van der Waals surface area contributed by atoms with E-state index in [-0.39, 0.29) is 0 Å². The minimum Gasteiger partial charge on any atom is -0.378 e. The Kier molecular flexibility index (Phi) is 7.76. The Balaban J connectivity index is 1.74. The fourth-order valence-electron chi connectivity index (χ4n) is 1.66. The molecule has 4 heteroatoms. The molecule has 1 aliphatic heterocycles. The van der Waals surface area contributed by atoms with Crippen molar-refractivity contribution in [3.05, 3.63) is 0 Å². The second-order valence-corrected chi connectivity index (χ2v) is 4.37. The first-order chi connectivity index (χ1) is 7.79. The molecule has 1 unspecified atom stereocenters. The summed E-state index contributed by atoms with van der Waals surface area (Å²) in [5, 5.41) is 3.34. The summed E-state index contributed by atoms with van der Waals surface area (Å²) in [6.07, 6.45) is 3.11. The molecule has 0 bridgehead atoms. The van der Waals surface area contributed by atoms with E-state index in [0.29, 0.717) is 25.4 Å². The van der Waals surface area contributed by atoms with E-state index in [1.165, 1.54) is 12.8 Å². The van der Waals surface area contributed by atoms with Gasteiger partial charge in [-0.3, -0.25) is 0 Å². The molecule has 1 aliphatic rings. The molecule has 0 saturated carbocycles. The van der Waals surface area contributed by atoms with Crippen LogP contribution in [-0.4, -0.2) is 51.7 Å². The van der Waals surface area contributed by atoms with Gasteiger partial charge in [-0.05, 0) is 26.7 Å². The number of hydrogen-bond donors (Lipinski definition) is 1. The Hall–Kier alpha value is -0.160. The Labute approximate surface area is 98.6 Å². The predicted molar refractivity (Wildman–Crippen MR) is 63.8 cm³/mol. The summed E-state index contributed by atoms with van der Waals surface area (Å²) in [6, 6.07) is 0. The zero-order chi connectivity index (χ0) is 11.6. The lowest BCUT2D eigenvalue weighted by atomic mass is 10.2. The highest BCUT2D eigenvalue weighted by Gasteiger charge is 2.13. The van der Waals surface area contributed by atoms with Gasteiger partial charge in [0.05, 0.1) is 32.0 Å². The molecular formula is C12H25NO3. The fraction of sp³-hybridized carbons (Fsp3) is 1.00. The van der Waals surface area contributed by atoms with Gasteiger partial charge in [-0.2, -0.15) is 0 Å². The van der Waals surface area contributed by atoms with Gasteiger partial charge in [-0.25, -0.2) is 0 Å². The molecule has 1 rings (SSSR count). The van der Waals surface area contributed by atoms with E-state index in [1.54, 1.807) is 0 Å². The van der Waals surface area contributed by atoms with Gasteiger partial charge in [0.1, 0.15) is 0 Å². The highest BCUT2D eigenvalue weighted by Crippen LogP contribution is 2.10. The van der Waals surface area contributed by atoms with Crippen LogP contribution >= 0.6 is 0 Å². The van der Waals surface area contributed by atoms with Gasteiger partial charge in [0.15, 0.2) is 0 Å². The van der Waals surface area contributed by atoms with Crippen LogP contribution in [0.4, 0.5) is 0 Å². The molecule has 0 spiro atoms. The van der Waals surface area contributed by atoms with Crippen molar-refractivity contribution in [3.8, 4) is 0 Å². The first kappa shape index (κ1) is 13.9. The molecule has 96 valence electrons. The van der Waals surface area contributed by atoms with Gasteiger partial charge in [-0.15, -0.1) is 0 Å². The van der Waals surface area contributed by atoms with Crippen molar-refractivity contribution in [2.24, 2.45) is 0 Å². The fourth-order valence-corrected chi connectivity index (χ4v) is 1.66. The molecular weight excluding hydrogens is 206 g/mol. The summed E-state index contributed by atoms with van der Waals surface area (Å²) in [7, 11) is 0.